The Balaban J connectivity index is 1.72. The molecule has 0 unspecified atom stereocenters. The van der Waals surface area contributed by atoms with Gasteiger partial charge in [-0.2, -0.15) is 0 Å². The van der Waals surface area contributed by atoms with Crippen molar-refractivity contribution < 1.29 is 22.7 Å². The molecule has 0 saturated carbocycles. The fourth-order valence-electron chi connectivity index (χ4n) is 2.45. The maximum Gasteiger partial charge on any atom is 0.259 e. The van der Waals surface area contributed by atoms with Gasteiger partial charge in [0.1, 0.15) is 5.75 Å². The number of para-hydroxylation sites is 1. The van der Waals surface area contributed by atoms with E-state index < -0.39 is 17.5 Å². The van der Waals surface area contributed by atoms with Gasteiger partial charge in [-0.1, -0.05) is 12.1 Å². The average molecular weight is 372 g/mol. The molecular weight excluding hydrogens is 357 g/mol. The lowest BCUT2D eigenvalue weighted by molar-refractivity contribution is 0.102. The Bertz CT molecular complexity index is 975. The van der Waals surface area contributed by atoms with E-state index in [2.05, 4.69) is 10.6 Å². The molecule has 3 aromatic rings. The first kappa shape index (κ1) is 18.3. The molecular formula is C20H15F3N2O2. The summed E-state index contributed by atoms with van der Waals surface area (Å²) in [6, 6.07) is 15.0. The Hall–Kier alpha value is -3.48. The van der Waals surface area contributed by atoms with Crippen molar-refractivity contribution in [1.29, 1.82) is 0 Å². The Labute approximate surface area is 153 Å². The number of methoxy groups -OCH3 is 1. The smallest absolute Gasteiger partial charge is 0.259 e. The first-order chi connectivity index (χ1) is 13.0. The van der Waals surface area contributed by atoms with Crippen LogP contribution in [0.3, 0.4) is 0 Å². The summed E-state index contributed by atoms with van der Waals surface area (Å²) in [6.45, 7) is 0. The number of rotatable bonds is 5. The fraction of sp³-hybridized carbons (Fsp3) is 0.0500. The molecule has 0 bridgehead atoms. The summed E-state index contributed by atoms with van der Waals surface area (Å²) in [5.41, 5.74) is 1.13. The number of benzene rings is 3. The predicted molar refractivity (Wildman–Crippen MR) is 97.0 cm³/mol. The van der Waals surface area contributed by atoms with Crippen molar-refractivity contribution in [2.45, 2.75) is 0 Å². The molecule has 0 aliphatic heterocycles. The number of hydrogen-bond acceptors (Lipinski definition) is 3. The summed E-state index contributed by atoms with van der Waals surface area (Å²) < 4.78 is 45.1. The number of carbonyl (C=O) groups is 1. The van der Waals surface area contributed by atoms with Gasteiger partial charge in [0.05, 0.1) is 18.4 Å². The number of anilines is 3. The number of ether oxygens (including phenoxy) is 1. The molecule has 27 heavy (non-hydrogen) atoms. The summed E-state index contributed by atoms with van der Waals surface area (Å²) in [6.07, 6.45) is 0. The van der Waals surface area contributed by atoms with Crippen molar-refractivity contribution in [3.63, 3.8) is 0 Å². The SMILES string of the molecule is COc1ccccc1C(=O)Nc1ccc(Nc2ccc(F)c(F)c2F)cc1. The van der Waals surface area contributed by atoms with Crippen LogP contribution in [0.1, 0.15) is 10.4 Å². The second kappa shape index (κ2) is 7.82. The summed E-state index contributed by atoms with van der Waals surface area (Å²) in [5, 5.41) is 5.38. The lowest BCUT2D eigenvalue weighted by Gasteiger charge is -2.11. The highest BCUT2D eigenvalue weighted by Crippen LogP contribution is 2.25. The Morgan fingerprint density at radius 2 is 1.52 bits per heavy atom. The highest BCUT2D eigenvalue weighted by molar-refractivity contribution is 6.06. The molecule has 0 fully saturated rings. The highest BCUT2D eigenvalue weighted by atomic mass is 19.2. The van der Waals surface area contributed by atoms with E-state index in [1.165, 1.54) is 7.11 Å². The van der Waals surface area contributed by atoms with Gasteiger partial charge in [0.15, 0.2) is 17.5 Å². The summed E-state index contributed by atoms with van der Waals surface area (Å²) in [4.78, 5) is 12.4. The van der Waals surface area contributed by atoms with Crippen LogP contribution in [0.25, 0.3) is 0 Å². The lowest BCUT2D eigenvalue weighted by atomic mass is 10.2. The largest absolute Gasteiger partial charge is 0.496 e. The van der Waals surface area contributed by atoms with Crippen molar-refractivity contribution >= 4 is 23.0 Å². The summed E-state index contributed by atoms with van der Waals surface area (Å²) in [7, 11) is 1.48. The van der Waals surface area contributed by atoms with Gasteiger partial charge in [-0.15, -0.1) is 0 Å². The Morgan fingerprint density at radius 3 is 2.22 bits per heavy atom. The molecule has 0 atom stereocenters. The minimum absolute atomic E-state index is 0.195. The molecule has 3 aromatic carbocycles. The van der Waals surface area contributed by atoms with Crippen LogP contribution >= 0.6 is 0 Å². The monoisotopic (exact) mass is 372 g/mol. The second-order valence-corrected chi connectivity index (χ2v) is 5.58. The van der Waals surface area contributed by atoms with Gasteiger partial charge in [0.25, 0.3) is 5.91 Å². The molecule has 0 saturated heterocycles. The molecule has 0 spiro atoms. The van der Waals surface area contributed by atoms with E-state index in [1.807, 2.05) is 0 Å². The first-order valence-electron chi connectivity index (χ1n) is 7.94. The van der Waals surface area contributed by atoms with Gasteiger partial charge in [0.2, 0.25) is 0 Å². The van der Waals surface area contributed by atoms with E-state index in [9.17, 15) is 18.0 Å². The van der Waals surface area contributed by atoms with Crippen molar-refractivity contribution in [2.24, 2.45) is 0 Å². The van der Waals surface area contributed by atoms with Crippen LogP contribution in [-0.2, 0) is 0 Å². The van der Waals surface area contributed by atoms with Crippen LogP contribution in [0.2, 0.25) is 0 Å². The van der Waals surface area contributed by atoms with Crippen molar-refractivity contribution in [2.75, 3.05) is 17.7 Å². The lowest BCUT2D eigenvalue weighted by Crippen LogP contribution is -2.13. The number of nitrogens with one attached hydrogen (secondary N) is 2. The minimum Gasteiger partial charge on any atom is -0.496 e. The summed E-state index contributed by atoms with van der Waals surface area (Å²) >= 11 is 0. The topological polar surface area (TPSA) is 50.4 Å². The predicted octanol–water partition coefficient (Wildman–Crippen LogP) is 5.11. The Morgan fingerprint density at radius 1 is 0.852 bits per heavy atom. The van der Waals surface area contributed by atoms with Crippen LogP contribution in [0.5, 0.6) is 5.75 Å². The number of hydrogen-bond donors (Lipinski definition) is 2. The third-order valence-corrected chi connectivity index (χ3v) is 3.81. The van der Waals surface area contributed by atoms with E-state index in [1.54, 1.807) is 48.5 Å². The molecule has 0 radical (unpaired) electrons. The maximum atomic E-state index is 13.7. The Kier molecular flexibility index (Phi) is 5.30. The van der Waals surface area contributed by atoms with Crippen LogP contribution in [0.15, 0.2) is 60.7 Å². The third-order valence-electron chi connectivity index (χ3n) is 3.81. The van der Waals surface area contributed by atoms with E-state index in [0.29, 0.717) is 22.7 Å². The molecule has 138 valence electrons. The van der Waals surface area contributed by atoms with Crippen molar-refractivity contribution in [3.05, 3.63) is 83.7 Å². The van der Waals surface area contributed by atoms with E-state index >= 15 is 0 Å². The number of amides is 1. The number of carbonyl (C=O) groups excluding carboxylic acids is 1. The molecule has 0 aromatic heterocycles. The van der Waals surface area contributed by atoms with Crippen LogP contribution in [0, 0.1) is 17.5 Å². The normalized spacial score (nSPS) is 10.4. The zero-order chi connectivity index (χ0) is 19.4. The molecule has 3 rings (SSSR count). The highest BCUT2D eigenvalue weighted by Gasteiger charge is 2.14. The minimum atomic E-state index is -1.54. The van der Waals surface area contributed by atoms with Gasteiger partial charge in [0, 0.05) is 11.4 Å². The zero-order valence-corrected chi connectivity index (χ0v) is 14.2. The van der Waals surface area contributed by atoms with Gasteiger partial charge in [-0.3, -0.25) is 4.79 Å². The maximum absolute atomic E-state index is 13.7. The van der Waals surface area contributed by atoms with Crippen molar-refractivity contribution in [3.8, 4) is 5.75 Å². The third kappa shape index (κ3) is 4.03. The average Bonchev–Trinajstić information content (AvgIpc) is 2.69. The molecule has 2 N–H and O–H groups in total. The first-order valence-corrected chi connectivity index (χ1v) is 7.94. The van der Waals surface area contributed by atoms with Gasteiger partial charge < -0.3 is 15.4 Å². The quantitative estimate of drug-likeness (QED) is 0.612. The van der Waals surface area contributed by atoms with Crippen molar-refractivity contribution in [1.82, 2.24) is 0 Å². The van der Waals surface area contributed by atoms with E-state index in [-0.39, 0.29) is 11.6 Å². The van der Waals surface area contributed by atoms with Gasteiger partial charge in [-0.25, -0.2) is 13.2 Å². The standard InChI is InChI=1S/C20H15F3N2O2/c1-27-17-5-3-2-4-14(17)20(26)25-13-8-6-12(7-9-13)24-16-11-10-15(21)18(22)19(16)23/h2-11,24H,1H3,(H,25,26). The number of halogens is 3. The molecule has 1 amide bonds. The second-order valence-electron chi connectivity index (χ2n) is 5.58. The van der Waals surface area contributed by atoms with Gasteiger partial charge in [-0.05, 0) is 48.5 Å². The molecule has 0 aliphatic carbocycles. The summed E-state index contributed by atoms with van der Waals surface area (Å²) in [5.74, 6) is -4.00. The van der Waals surface area contributed by atoms with Crippen LogP contribution in [-0.4, -0.2) is 13.0 Å². The molecule has 0 heterocycles. The van der Waals surface area contributed by atoms with Crippen LogP contribution in [0.4, 0.5) is 30.2 Å². The van der Waals surface area contributed by atoms with Crippen LogP contribution < -0.4 is 15.4 Å². The molecule has 7 heteroatoms. The van der Waals surface area contributed by atoms with E-state index in [0.717, 1.165) is 12.1 Å². The molecule has 4 nitrogen and oxygen atoms in total. The zero-order valence-electron chi connectivity index (χ0n) is 14.2. The molecule has 0 aliphatic rings. The van der Waals surface area contributed by atoms with E-state index in [4.69, 9.17) is 4.74 Å². The fourth-order valence-corrected chi connectivity index (χ4v) is 2.45. The van der Waals surface area contributed by atoms with Gasteiger partial charge >= 0.3 is 0 Å².